The molecule has 0 saturated heterocycles. The largest absolute Gasteiger partial charge is 0.461 e. The van der Waals surface area contributed by atoms with Crippen LogP contribution in [0.2, 0.25) is 0 Å². The van der Waals surface area contributed by atoms with Crippen LogP contribution in [0.4, 0.5) is 5.69 Å². The maximum atomic E-state index is 11.6. The number of hydrogen-bond acceptors (Lipinski definition) is 7. The molecule has 0 aliphatic heterocycles. The van der Waals surface area contributed by atoms with Crippen LogP contribution in [0.3, 0.4) is 0 Å². The number of hydrogen-bond donors (Lipinski definition) is 1. The number of aromatic amines is 1. The van der Waals surface area contributed by atoms with Gasteiger partial charge >= 0.3 is 5.97 Å². The van der Waals surface area contributed by atoms with Gasteiger partial charge in [0.2, 0.25) is 0 Å². The van der Waals surface area contributed by atoms with Gasteiger partial charge in [-0.05, 0) is 17.7 Å². The summed E-state index contributed by atoms with van der Waals surface area (Å²) in [5, 5.41) is 4.23. The van der Waals surface area contributed by atoms with E-state index >= 15 is 0 Å². The molecule has 0 amide bonds. The van der Waals surface area contributed by atoms with Gasteiger partial charge in [0.05, 0.1) is 23.9 Å². The molecule has 9 nitrogen and oxygen atoms in total. The molecule has 3 aromatic heterocycles. The van der Waals surface area contributed by atoms with Crippen molar-refractivity contribution < 1.29 is 14.3 Å². The van der Waals surface area contributed by atoms with Gasteiger partial charge in [0, 0.05) is 63.9 Å². The Morgan fingerprint density at radius 3 is 2.81 bits per heavy atom. The lowest BCUT2D eigenvalue weighted by Gasteiger charge is -2.24. The number of imidazole rings is 1. The summed E-state index contributed by atoms with van der Waals surface area (Å²) in [4.78, 5) is 26.2. The summed E-state index contributed by atoms with van der Waals surface area (Å²) in [6.45, 7) is 2.86. The number of ether oxygens (including phenoxy) is 2. The topological polar surface area (TPSA) is 98.2 Å². The summed E-state index contributed by atoms with van der Waals surface area (Å²) in [6, 6.07) is 7.98. The first-order valence-corrected chi connectivity index (χ1v) is 10.3. The number of rotatable bonds is 8. The van der Waals surface area contributed by atoms with Crippen molar-refractivity contribution in [2.75, 3.05) is 32.2 Å². The number of nitrogens with one attached hydrogen (secondary N) is 1. The zero-order valence-electron chi connectivity index (χ0n) is 18.6. The van der Waals surface area contributed by atoms with E-state index in [4.69, 9.17) is 9.47 Å². The van der Waals surface area contributed by atoms with E-state index in [1.807, 2.05) is 44.6 Å². The standard InChI is InChI=1S/C23H26N6O3/c1-15(30)32-14-19-17(6-5-7-20(19)28(2)10-11-31-4)18-8-9-24-23-21(18)26-22(27-23)16-12-25-29(3)13-16/h5-9,12-13H,10-11,14H2,1-4H3,(H,24,26,27). The lowest BCUT2D eigenvalue weighted by molar-refractivity contribution is -0.142. The number of carbonyl (C=O) groups is 1. The highest BCUT2D eigenvalue weighted by molar-refractivity contribution is 5.93. The Bertz CT molecular complexity index is 1250. The zero-order chi connectivity index (χ0) is 22.7. The van der Waals surface area contributed by atoms with Crippen LogP contribution in [0, 0.1) is 0 Å². The highest BCUT2D eigenvalue weighted by Crippen LogP contribution is 2.35. The number of H-pyrrole nitrogens is 1. The highest BCUT2D eigenvalue weighted by Gasteiger charge is 2.18. The molecule has 0 saturated carbocycles. The number of nitrogens with zero attached hydrogens (tertiary/aromatic N) is 5. The van der Waals surface area contributed by atoms with Crippen molar-refractivity contribution in [2.24, 2.45) is 7.05 Å². The van der Waals surface area contributed by atoms with Gasteiger partial charge in [-0.1, -0.05) is 12.1 Å². The van der Waals surface area contributed by atoms with E-state index in [2.05, 4.69) is 25.0 Å². The smallest absolute Gasteiger partial charge is 0.302 e. The third-order valence-corrected chi connectivity index (χ3v) is 5.27. The molecule has 0 radical (unpaired) electrons. The number of carbonyl (C=O) groups excluding carboxylic acids is 1. The van der Waals surface area contributed by atoms with E-state index < -0.39 is 0 Å². The second-order valence-electron chi connectivity index (χ2n) is 7.54. The van der Waals surface area contributed by atoms with E-state index in [0.717, 1.165) is 33.5 Å². The molecule has 0 aliphatic rings. The molecule has 1 N–H and O–H groups in total. The summed E-state index contributed by atoms with van der Waals surface area (Å²) in [7, 11) is 5.53. The number of aryl methyl sites for hydroxylation is 1. The Kier molecular flexibility index (Phi) is 6.18. The van der Waals surface area contributed by atoms with Crippen LogP contribution in [0.1, 0.15) is 12.5 Å². The minimum absolute atomic E-state index is 0.158. The number of aromatic nitrogens is 5. The Hall–Kier alpha value is -3.72. The summed E-state index contributed by atoms with van der Waals surface area (Å²) in [5.41, 5.74) is 6.06. The van der Waals surface area contributed by atoms with Gasteiger partial charge < -0.3 is 19.4 Å². The van der Waals surface area contributed by atoms with Crippen molar-refractivity contribution in [2.45, 2.75) is 13.5 Å². The quantitative estimate of drug-likeness (QED) is 0.425. The third kappa shape index (κ3) is 4.33. The lowest BCUT2D eigenvalue weighted by atomic mass is 9.98. The molecule has 4 rings (SSSR count). The van der Waals surface area contributed by atoms with Crippen LogP contribution in [0.25, 0.3) is 33.7 Å². The molecule has 0 spiro atoms. The lowest BCUT2D eigenvalue weighted by Crippen LogP contribution is -2.23. The van der Waals surface area contributed by atoms with E-state index in [9.17, 15) is 4.79 Å². The number of methoxy groups -OCH3 is 1. The number of likely N-dealkylation sites (N-methyl/N-ethyl adjacent to an activating group) is 1. The first-order valence-electron chi connectivity index (χ1n) is 10.3. The SMILES string of the molecule is COCCN(C)c1cccc(-c2ccnc3nc(-c4cnn(C)c4)[nH]c23)c1COC(C)=O. The van der Waals surface area contributed by atoms with Crippen molar-refractivity contribution in [3.63, 3.8) is 0 Å². The molecule has 0 bridgehead atoms. The van der Waals surface area contributed by atoms with Crippen molar-refractivity contribution in [3.8, 4) is 22.5 Å². The highest BCUT2D eigenvalue weighted by atomic mass is 16.5. The van der Waals surface area contributed by atoms with E-state index in [0.29, 0.717) is 24.6 Å². The number of esters is 1. The van der Waals surface area contributed by atoms with Crippen molar-refractivity contribution >= 4 is 22.8 Å². The first-order chi connectivity index (χ1) is 15.5. The normalized spacial score (nSPS) is 11.1. The third-order valence-electron chi connectivity index (χ3n) is 5.27. The number of benzene rings is 1. The van der Waals surface area contributed by atoms with Gasteiger partial charge in [-0.3, -0.25) is 9.48 Å². The number of anilines is 1. The Morgan fingerprint density at radius 2 is 2.09 bits per heavy atom. The minimum atomic E-state index is -0.328. The monoisotopic (exact) mass is 434 g/mol. The summed E-state index contributed by atoms with van der Waals surface area (Å²) >= 11 is 0. The molecule has 166 valence electrons. The van der Waals surface area contributed by atoms with Crippen molar-refractivity contribution in [3.05, 3.63) is 48.4 Å². The molecule has 9 heteroatoms. The van der Waals surface area contributed by atoms with Gasteiger partial charge in [0.25, 0.3) is 0 Å². The van der Waals surface area contributed by atoms with Crippen molar-refractivity contribution in [1.29, 1.82) is 0 Å². The van der Waals surface area contributed by atoms with Crippen LogP contribution in [0.15, 0.2) is 42.9 Å². The van der Waals surface area contributed by atoms with Crippen molar-refractivity contribution in [1.82, 2.24) is 24.7 Å². The van der Waals surface area contributed by atoms with E-state index in [-0.39, 0.29) is 12.6 Å². The van der Waals surface area contributed by atoms with Gasteiger partial charge in [0.15, 0.2) is 5.65 Å². The van der Waals surface area contributed by atoms with Crippen LogP contribution in [0.5, 0.6) is 0 Å². The second kappa shape index (κ2) is 9.19. The molecule has 4 aromatic rings. The fraction of sp³-hybridized carbons (Fsp3) is 0.304. The van der Waals surface area contributed by atoms with Crippen LogP contribution in [-0.4, -0.2) is 58.0 Å². The predicted octanol–water partition coefficient (Wildman–Crippen LogP) is 3.17. The Morgan fingerprint density at radius 1 is 1.25 bits per heavy atom. The fourth-order valence-electron chi connectivity index (χ4n) is 3.67. The van der Waals surface area contributed by atoms with Crippen LogP contribution < -0.4 is 4.90 Å². The zero-order valence-corrected chi connectivity index (χ0v) is 18.6. The molecule has 0 fully saturated rings. The van der Waals surface area contributed by atoms with Gasteiger partial charge in [-0.2, -0.15) is 5.10 Å². The first kappa shape index (κ1) is 21.5. The average Bonchev–Trinajstić information content (AvgIpc) is 3.41. The molecule has 32 heavy (non-hydrogen) atoms. The molecule has 0 atom stereocenters. The van der Waals surface area contributed by atoms with Gasteiger partial charge in [-0.25, -0.2) is 9.97 Å². The second-order valence-corrected chi connectivity index (χ2v) is 7.54. The van der Waals surface area contributed by atoms with Crippen LogP contribution >= 0.6 is 0 Å². The number of pyridine rings is 1. The molecular weight excluding hydrogens is 408 g/mol. The molecule has 1 aromatic carbocycles. The summed E-state index contributed by atoms with van der Waals surface area (Å²) in [6.07, 6.45) is 5.40. The maximum Gasteiger partial charge on any atom is 0.302 e. The molecular formula is C23H26N6O3. The average molecular weight is 435 g/mol. The Labute approximate surface area is 186 Å². The van der Waals surface area contributed by atoms with Gasteiger partial charge in [-0.15, -0.1) is 0 Å². The predicted molar refractivity (Wildman–Crippen MR) is 122 cm³/mol. The van der Waals surface area contributed by atoms with Crippen LogP contribution in [-0.2, 0) is 27.9 Å². The van der Waals surface area contributed by atoms with E-state index in [1.165, 1.54) is 6.92 Å². The maximum absolute atomic E-state index is 11.6. The molecule has 0 unspecified atom stereocenters. The molecule has 3 heterocycles. The fourth-order valence-corrected chi connectivity index (χ4v) is 3.67. The minimum Gasteiger partial charge on any atom is -0.461 e. The van der Waals surface area contributed by atoms with E-state index in [1.54, 1.807) is 24.2 Å². The summed E-state index contributed by atoms with van der Waals surface area (Å²) < 4.78 is 12.4. The number of fused-ring (bicyclic) bond motifs is 1. The van der Waals surface area contributed by atoms with Gasteiger partial charge in [0.1, 0.15) is 12.4 Å². The molecule has 0 aliphatic carbocycles. The summed E-state index contributed by atoms with van der Waals surface area (Å²) in [5.74, 6) is 0.369. The Balaban J connectivity index is 1.84.